The summed E-state index contributed by atoms with van der Waals surface area (Å²) in [5.74, 6) is 1.44. The van der Waals surface area contributed by atoms with Crippen molar-refractivity contribution in [3.8, 4) is 17.1 Å². The molecular formula is C23H26N4O3S2. The number of ether oxygens (including phenoxy) is 1. The van der Waals surface area contributed by atoms with Crippen LogP contribution in [0.5, 0.6) is 0 Å². The Hall–Kier alpha value is -2.20. The molecule has 2 saturated heterocycles. The van der Waals surface area contributed by atoms with Crippen molar-refractivity contribution < 1.29 is 13.2 Å². The Labute approximate surface area is 192 Å². The maximum atomic E-state index is 13.1. The Balaban J connectivity index is 1.52. The average molecular weight is 471 g/mol. The van der Waals surface area contributed by atoms with Crippen LogP contribution in [0.4, 0.5) is 0 Å². The molecule has 1 aromatic heterocycles. The molecule has 2 aromatic carbocycles. The summed E-state index contributed by atoms with van der Waals surface area (Å²) >= 11 is 1.62. The molecule has 5 rings (SSSR count). The topological polar surface area (TPSA) is 77.3 Å². The highest BCUT2D eigenvalue weighted by Gasteiger charge is 2.28. The second-order valence-electron chi connectivity index (χ2n) is 8.06. The number of aromatic nitrogens is 3. The lowest BCUT2D eigenvalue weighted by atomic mass is 10.2. The van der Waals surface area contributed by atoms with Crippen LogP contribution in [0.3, 0.4) is 0 Å². The molecule has 0 spiro atoms. The van der Waals surface area contributed by atoms with Gasteiger partial charge in [-0.05, 0) is 49.9 Å². The minimum Gasteiger partial charge on any atom is -0.377 e. The zero-order valence-corrected chi connectivity index (χ0v) is 19.4. The highest BCUT2D eigenvalue weighted by atomic mass is 32.2. The molecule has 9 heteroatoms. The van der Waals surface area contributed by atoms with E-state index in [1.54, 1.807) is 34.3 Å². The van der Waals surface area contributed by atoms with Crippen molar-refractivity contribution in [2.45, 2.75) is 41.8 Å². The summed E-state index contributed by atoms with van der Waals surface area (Å²) in [6, 6.07) is 17.0. The van der Waals surface area contributed by atoms with Gasteiger partial charge in [-0.25, -0.2) is 8.42 Å². The Morgan fingerprint density at radius 1 is 1.00 bits per heavy atom. The molecule has 0 amide bonds. The molecule has 0 N–H and O–H groups in total. The molecule has 3 heterocycles. The Kier molecular flexibility index (Phi) is 6.32. The van der Waals surface area contributed by atoms with E-state index >= 15 is 0 Å². The first-order chi connectivity index (χ1) is 15.6. The normalized spacial score (nSPS) is 19.6. The molecule has 0 saturated carbocycles. The van der Waals surface area contributed by atoms with Crippen molar-refractivity contribution >= 4 is 21.8 Å². The van der Waals surface area contributed by atoms with Crippen molar-refractivity contribution in [2.75, 3.05) is 25.4 Å². The van der Waals surface area contributed by atoms with E-state index in [0.717, 1.165) is 54.5 Å². The predicted molar refractivity (Wildman–Crippen MR) is 124 cm³/mol. The van der Waals surface area contributed by atoms with E-state index in [9.17, 15) is 8.42 Å². The molecule has 0 radical (unpaired) electrons. The Morgan fingerprint density at radius 2 is 1.81 bits per heavy atom. The van der Waals surface area contributed by atoms with Gasteiger partial charge in [0, 0.05) is 36.7 Å². The van der Waals surface area contributed by atoms with Gasteiger partial charge in [-0.1, -0.05) is 42.1 Å². The van der Waals surface area contributed by atoms with Crippen molar-refractivity contribution in [1.29, 1.82) is 0 Å². The van der Waals surface area contributed by atoms with E-state index in [1.807, 2.05) is 41.0 Å². The molecular weight excluding hydrogens is 444 g/mol. The van der Waals surface area contributed by atoms with Gasteiger partial charge < -0.3 is 4.74 Å². The van der Waals surface area contributed by atoms with Crippen LogP contribution in [-0.2, 0) is 14.8 Å². The second kappa shape index (κ2) is 9.35. The fourth-order valence-corrected chi connectivity index (χ4v) is 6.76. The first-order valence-corrected chi connectivity index (χ1v) is 13.4. The summed E-state index contributed by atoms with van der Waals surface area (Å²) in [6.07, 6.45) is 4.22. The third-order valence-electron chi connectivity index (χ3n) is 5.87. The quantitative estimate of drug-likeness (QED) is 0.486. The predicted octanol–water partition coefficient (Wildman–Crippen LogP) is 3.99. The maximum Gasteiger partial charge on any atom is 0.243 e. The van der Waals surface area contributed by atoms with Crippen LogP contribution < -0.4 is 0 Å². The fraction of sp³-hybridized carbons (Fsp3) is 0.391. The van der Waals surface area contributed by atoms with Crippen LogP contribution in [0.15, 0.2) is 64.6 Å². The summed E-state index contributed by atoms with van der Waals surface area (Å²) < 4.78 is 35.5. The van der Waals surface area contributed by atoms with Crippen molar-refractivity contribution in [3.63, 3.8) is 0 Å². The molecule has 3 aromatic rings. The van der Waals surface area contributed by atoms with Gasteiger partial charge in [-0.3, -0.25) is 4.57 Å². The van der Waals surface area contributed by atoms with Crippen LogP contribution in [0.2, 0.25) is 0 Å². The zero-order valence-electron chi connectivity index (χ0n) is 17.8. The molecule has 0 aliphatic carbocycles. The van der Waals surface area contributed by atoms with Gasteiger partial charge in [-0.15, -0.1) is 10.2 Å². The Bertz CT molecular complexity index is 1170. The van der Waals surface area contributed by atoms with Crippen LogP contribution in [-0.4, -0.2) is 59.0 Å². The van der Waals surface area contributed by atoms with Gasteiger partial charge in [-0.2, -0.15) is 4.31 Å². The van der Waals surface area contributed by atoms with E-state index in [-0.39, 0.29) is 6.10 Å². The van der Waals surface area contributed by atoms with Gasteiger partial charge >= 0.3 is 0 Å². The SMILES string of the molecule is O=S(=O)(c1cccc(-c2nnc(SC[C@H]3CCCO3)n2-c2ccccc2)c1)N1CCCC1. The molecule has 1 atom stereocenters. The van der Waals surface area contributed by atoms with Gasteiger partial charge in [0.25, 0.3) is 0 Å². The number of rotatable bonds is 7. The summed E-state index contributed by atoms with van der Waals surface area (Å²) in [6.45, 7) is 1.98. The van der Waals surface area contributed by atoms with E-state index in [2.05, 4.69) is 10.2 Å². The van der Waals surface area contributed by atoms with Crippen LogP contribution >= 0.6 is 11.8 Å². The number of thioether (sulfide) groups is 1. The zero-order chi connectivity index (χ0) is 22.0. The summed E-state index contributed by atoms with van der Waals surface area (Å²) in [5, 5.41) is 9.70. The largest absolute Gasteiger partial charge is 0.377 e. The van der Waals surface area contributed by atoms with Gasteiger partial charge in [0.1, 0.15) is 0 Å². The Morgan fingerprint density at radius 3 is 2.56 bits per heavy atom. The summed E-state index contributed by atoms with van der Waals surface area (Å²) in [4.78, 5) is 0.299. The van der Waals surface area contributed by atoms with Gasteiger partial charge in [0.2, 0.25) is 10.0 Å². The number of sulfonamides is 1. The summed E-state index contributed by atoms with van der Waals surface area (Å²) in [5.41, 5.74) is 1.67. The molecule has 168 valence electrons. The standard InChI is InChI=1S/C23H26N4O3S2/c28-32(29,26-13-4-5-14-26)21-12-6-8-18(16-21)22-24-25-23(31-17-20-11-7-15-30-20)27(22)19-9-2-1-3-10-19/h1-3,6,8-10,12,16,20H,4-5,7,11,13-15,17H2/t20-/m1/s1. The highest BCUT2D eigenvalue weighted by Crippen LogP contribution is 2.31. The van der Waals surface area contributed by atoms with E-state index in [0.29, 0.717) is 23.8 Å². The van der Waals surface area contributed by atoms with Gasteiger partial charge in [0.05, 0.1) is 11.0 Å². The van der Waals surface area contributed by atoms with Crippen LogP contribution in [0.25, 0.3) is 17.1 Å². The molecule has 2 aliphatic rings. The van der Waals surface area contributed by atoms with Crippen LogP contribution in [0.1, 0.15) is 25.7 Å². The highest BCUT2D eigenvalue weighted by molar-refractivity contribution is 7.99. The number of hydrogen-bond acceptors (Lipinski definition) is 6. The lowest BCUT2D eigenvalue weighted by molar-refractivity contribution is 0.129. The number of hydrogen-bond donors (Lipinski definition) is 0. The van der Waals surface area contributed by atoms with Crippen LogP contribution in [0, 0.1) is 0 Å². The molecule has 2 aliphatic heterocycles. The summed E-state index contributed by atoms with van der Waals surface area (Å²) in [7, 11) is -3.51. The first-order valence-electron chi connectivity index (χ1n) is 11.0. The number of nitrogens with zero attached hydrogens (tertiary/aromatic N) is 4. The van der Waals surface area contributed by atoms with Gasteiger partial charge in [0.15, 0.2) is 11.0 Å². The third kappa shape index (κ3) is 4.34. The maximum absolute atomic E-state index is 13.1. The molecule has 0 bridgehead atoms. The van der Waals surface area contributed by atoms with E-state index in [4.69, 9.17) is 4.74 Å². The molecule has 32 heavy (non-hydrogen) atoms. The number of benzene rings is 2. The lowest BCUT2D eigenvalue weighted by Gasteiger charge is -2.16. The minimum absolute atomic E-state index is 0.235. The van der Waals surface area contributed by atoms with Crippen molar-refractivity contribution in [3.05, 3.63) is 54.6 Å². The third-order valence-corrected chi connectivity index (χ3v) is 8.82. The number of para-hydroxylation sites is 1. The molecule has 7 nitrogen and oxygen atoms in total. The van der Waals surface area contributed by atoms with Crippen molar-refractivity contribution in [1.82, 2.24) is 19.1 Å². The lowest BCUT2D eigenvalue weighted by Crippen LogP contribution is -2.27. The van der Waals surface area contributed by atoms with E-state index in [1.165, 1.54) is 0 Å². The molecule has 2 fully saturated rings. The second-order valence-corrected chi connectivity index (χ2v) is 11.0. The fourth-order valence-electron chi connectivity index (χ4n) is 4.18. The average Bonchev–Trinajstić information content (AvgIpc) is 3.60. The molecule has 0 unspecified atom stereocenters. The first kappa shape index (κ1) is 21.6. The monoisotopic (exact) mass is 470 g/mol. The van der Waals surface area contributed by atoms with Crippen molar-refractivity contribution in [2.24, 2.45) is 0 Å². The minimum atomic E-state index is -3.51. The smallest absolute Gasteiger partial charge is 0.243 e. The van der Waals surface area contributed by atoms with E-state index < -0.39 is 10.0 Å².